The van der Waals surface area contributed by atoms with Crippen LogP contribution in [0.2, 0.25) is 5.02 Å². The predicted molar refractivity (Wildman–Crippen MR) is 110 cm³/mol. The number of methoxy groups -OCH3 is 1. The van der Waals surface area contributed by atoms with Gasteiger partial charge in [-0.3, -0.25) is 0 Å². The van der Waals surface area contributed by atoms with Crippen LogP contribution in [0, 0.1) is 0 Å². The van der Waals surface area contributed by atoms with Crippen LogP contribution in [-0.2, 0) is 0 Å². The highest BCUT2D eigenvalue weighted by molar-refractivity contribution is 6.31. The Morgan fingerprint density at radius 1 is 0.964 bits per heavy atom. The molecule has 0 aromatic heterocycles. The van der Waals surface area contributed by atoms with Crippen molar-refractivity contribution in [3.8, 4) is 11.5 Å². The van der Waals surface area contributed by atoms with Gasteiger partial charge in [-0.1, -0.05) is 48.0 Å². The van der Waals surface area contributed by atoms with E-state index >= 15 is 0 Å². The lowest BCUT2D eigenvalue weighted by Crippen LogP contribution is -2.33. The largest absolute Gasteiger partial charge is 0.497 e. The maximum absolute atomic E-state index is 6.49. The van der Waals surface area contributed by atoms with Crippen molar-refractivity contribution < 1.29 is 9.47 Å². The number of hydrogen-bond donors (Lipinski definition) is 0. The molecule has 2 aliphatic heterocycles. The number of nitrogens with zero attached hydrogens (tertiary/aromatic N) is 2. The van der Waals surface area contributed by atoms with Crippen LogP contribution in [0.25, 0.3) is 0 Å². The summed E-state index contributed by atoms with van der Waals surface area (Å²) in [5.41, 5.74) is 4.19. The average molecular weight is 391 g/mol. The summed E-state index contributed by atoms with van der Waals surface area (Å²) in [6.45, 7) is 0. The highest BCUT2D eigenvalue weighted by Crippen LogP contribution is 2.48. The molecule has 3 aromatic rings. The van der Waals surface area contributed by atoms with Crippen molar-refractivity contribution in [2.45, 2.75) is 18.7 Å². The average Bonchev–Trinajstić information content (AvgIpc) is 3.19. The molecule has 5 heteroatoms. The van der Waals surface area contributed by atoms with E-state index in [1.807, 2.05) is 71.7 Å². The maximum Gasteiger partial charge on any atom is 0.215 e. The van der Waals surface area contributed by atoms with E-state index in [-0.39, 0.29) is 12.3 Å². The second kappa shape index (κ2) is 6.88. The molecule has 5 rings (SSSR count). The van der Waals surface area contributed by atoms with Crippen LogP contribution >= 0.6 is 11.6 Å². The van der Waals surface area contributed by atoms with Crippen LogP contribution in [0.5, 0.6) is 11.5 Å². The summed E-state index contributed by atoms with van der Waals surface area (Å²) in [5.74, 6) is 1.72. The topological polar surface area (TPSA) is 34.1 Å². The van der Waals surface area contributed by atoms with Crippen LogP contribution in [-0.4, -0.2) is 17.8 Å². The Morgan fingerprint density at radius 2 is 1.68 bits per heavy atom. The van der Waals surface area contributed by atoms with E-state index in [1.165, 1.54) is 0 Å². The third-order valence-electron chi connectivity index (χ3n) is 5.29. The summed E-state index contributed by atoms with van der Waals surface area (Å²) in [6.07, 6.45) is 0.456. The molecule has 0 bridgehead atoms. The summed E-state index contributed by atoms with van der Waals surface area (Å²) in [6, 6.07) is 24.1. The number of fused-ring (bicyclic) bond motifs is 3. The summed E-state index contributed by atoms with van der Waals surface area (Å²) in [5, 5.41) is 7.68. The molecule has 0 aliphatic carbocycles. The highest BCUT2D eigenvalue weighted by Gasteiger charge is 2.41. The molecule has 4 nitrogen and oxygen atoms in total. The van der Waals surface area contributed by atoms with Gasteiger partial charge in [-0.15, -0.1) is 0 Å². The van der Waals surface area contributed by atoms with Crippen LogP contribution in [0.15, 0.2) is 77.9 Å². The Kier molecular flexibility index (Phi) is 4.21. The lowest BCUT2D eigenvalue weighted by Gasteiger charge is -2.38. The zero-order chi connectivity index (χ0) is 19.1. The molecule has 0 amide bonds. The molecule has 140 valence electrons. The first-order chi connectivity index (χ1) is 13.7. The molecule has 0 spiro atoms. The van der Waals surface area contributed by atoms with Gasteiger partial charge >= 0.3 is 0 Å². The molecule has 2 unspecified atom stereocenters. The van der Waals surface area contributed by atoms with Gasteiger partial charge in [-0.25, -0.2) is 5.01 Å². The third kappa shape index (κ3) is 2.81. The monoisotopic (exact) mass is 390 g/mol. The van der Waals surface area contributed by atoms with E-state index in [0.717, 1.165) is 40.3 Å². The van der Waals surface area contributed by atoms with E-state index in [1.54, 1.807) is 7.11 Å². The minimum absolute atomic E-state index is 0.114. The molecule has 2 aliphatic rings. The van der Waals surface area contributed by atoms with Crippen molar-refractivity contribution in [1.29, 1.82) is 0 Å². The molecule has 2 atom stereocenters. The van der Waals surface area contributed by atoms with Crippen molar-refractivity contribution in [2.24, 2.45) is 5.10 Å². The highest BCUT2D eigenvalue weighted by atomic mass is 35.5. The van der Waals surface area contributed by atoms with E-state index in [0.29, 0.717) is 5.02 Å². The molecule has 2 heterocycles. The van der Waals surface area contributed by atoms with E-state index in [9.17, 15) is 0 Å². The number of benzene rings is 3. The Bertz CT molecular complexity index is 1050. The normalized spacial score (nSPS) is 20.1. The van der Waals surface area contributed by atoms with Crippen molar-refractivity contribution >= 4 is 17.3 Å². The molecule has 0 fully saturated rings. The standard InChI is InChI=1S/C23H19ClN2O2/c1-27-16-12-10-15(11-13-16)20-14-21-18-7-3-5-9-22(18)28-23(26(21)25-20)17-6-2-4-8-19(17)24/h2-13,21,23H,14H2,1H3. The van der Waals surface area contributed by atoms with Gasteiger partial charge in [0.15, 0.2) is 0 Å². The first kappa shape index (κ1) is 17.1. The minimum atomic E-state index is -0.357. The second-order valence-electron chi connectivity index (χ2n) is 6.90. The van der Waals surface area contributed by atoms with Crippen molar-refractivity contribution in [3.05, 3.63) is 94.5 Å². The number of hydrogen-bond acceptors (Lipinski definition) is 4. The second-order valence-corrected chi connectivity index (χ2v) is 7.31. The van der Waals surface area contributed by atoms with Crippen molar-refractivity contribution in [2.75, 3.05) is 7.11 Å². The van der Waals surface area contributed by atoms with Gasteiger partial charge in [0.05, 0.1) is 18.9 Å². The zero-order valence-electron chi connectivity index (χ0n) is 15.4. The SMILES string of the molecule is COc1ccc(C2=NN3C(C2)c2ccccc2OC3c2ccccc2Cl)cc1. The van der Waals surface area contributed by atoms with Gasteiger partial charge < -0.3 is 9.47 Å². The molecule has 0 saturated heterocycles. The zero-order valence-corrected chi connectivity index (χ0v) is 16.1. The molecule has 3 aromatic carbocycles. The summed E-state index contributed by atoms with van der Waals surface area (Å²) in [4.78, 5) is 0. The van der Waals surface area contributed by atoms with Gasteiger partial charge in [0, 0.05) is 22.6 Å². The molecular weight excluding hydrogens is 372 g/mol. The number of ether oxygens (including phenoxy) is 2. The molecular formula is C23H19ClN2O2. The Hall–Kier alpha value is -2.98. The van der Waals surface area contributed by atoms with E-state index in [2.05, 4.69) is 6.07 Å². The fraction of sp³-hybridized carbons (Fsp3) is 0.174. The molecule has 0 N–H and O–H groups in total. The predicted octanol–water partition coefficient (Wildman–Crippen LogP) is 5.59. The van der Waals surface area contributed by atoms with E-state index in [4.69, 9.17) is 26.2 Å². The summed E-state index contributed by atoms with van der Waals surface area (Å²) < 4.78 is 11.6. The van der Waals surface area contributed by atoms with Crippen LogP contribution in [0.3, 0.4) is 0 Å². The van der Waals surface area contributed by atoms with Crippen LogP contribution < -0.4 is 9.47 Å². The fourth-order valence-electron chi connectivity index (χ4n) is 3.87. The molecule has 0 saturated carbocycles. The smallest absolute Gasteiger partial charge is 0.215 e. The third-order valence-corrected chi connectivity index (χ3v) is 5.64. The Labute approximate surface area is 169 Å². The van der Waals surface area contributed by atoms with E-state index < -0.39 is 0 Å². The van der Waals surface area contributed by atoms with Crippen LogP contribution in [0.1, 0.15) is 35.4 Å². The maximum atomic E-state index is 6.49. The number of hydrazone groups is 1. The Morgan fingerprint density at radius 3 is 2.43 bits per heavy atom. The lowest BCUT2D eigenvalue weighted by atomic mass is 9.96. The minimum Gasteiger partial charge on any atom is -0.497 e. The molecule has 28 heavy (non-hydrogen) atoms. The lowest BCUT2D eigenvalue weighted by molar-refractivity contribution is -0.0189. The van der Waals surface area contributed by atoms with Gasteiger partial charge in [0.25, 0.3) is 0 Å². The fourth-order valence-corrected chi connectivity index (χ4v) is 4.10. The first-order valence-electron chi connectivity index (χ1n) is 9.25. The van der Waals surface area contributed by atoms with Gasteiger partial charge in [0.2, 0.25) is 6.23 Å². The molecule has 0 radical (unpaired) electrons. The van der Waals surface area contributed by atoms with Crippen molar-refractivity contribution in [3.63, 3.8) is 0 Å². The van der Waals surface area contributed by atoms with Gasteiger partial charge in [-0.2, -0.15) is 5.10 Å². The Balaban J connectivity index is 1.58. The van der Waals surface area contributed by atoms with Crippen molar-refractivity contribution in [1.82, 2.24) is 5.01 Å². The number of rotatable bonds is 3. The quantitative estimate of drug-likeness (QED) is 0.584. The van der Waals surface area contributed by atoms with Gasteiger partial charge in [0.1, 0.15) is 11.5 Å². The van der Waals surface area contributed by atoms with Gasteiger partial charge in [-0.05, 0) is 42.0 Å². The number of para-hydroxylation sites is 1. The van der Waals surface area contributed by atoms with Crippen LogP contribution in [0.4, 0.5) is 0 Å². The summed E-state index contributed by atoms with van der Waals surface area (Å²) in [7, 11) is 1.67. The first-order valence-corrected chi connectivity index (χ1v) is 9.62. The number of halogens is 1. The summed E-state index contributed by atoms with van der Waals surface area (Å²) >= 11 is 6.49.